The number of carbonyl (C=O) groups excluding carboxylic acids is 1. The number of hydrogen-bond donors (Lipinski definition) is 1. The van der Waals surface area contributed by atoms with Crippen molar-refractivity contribution >= 4 is 22.8 Å². The van der Waals surface area contributed by atoms with Crippen LogP contribution in [0.3, 0.4) is 0 Å². The number of pyridine rings is 1. The van der Waals surface area contributed by atoms with Crippen molar-refractivity contribution in [3.05, 3.63) is 47.7 Å². The highest BCUT2D eigenvalue weighted by molar-refractivity contribution is 5.97. The molecule has 1 aromatic carbocycles. The highest BCUT2D eigenvalue weighted by atomic mass is 16.2. The molecule has 1 fully saturated rings. The third kappa shape index (κ3) is 2.82. The van der Waals surface area contributed by atoms with E-state index in [-0.39, 0.29) is 11.9 Å². The molecule has 128 valence electrons. The van der Waals surface area contributed by atoms with Gasteiger partial charge in [0, 0.05) is 32.4 Å². The maximum Gasteiger partial charge on any atom is 0.254 e. The van der Waals surface area contributed by atoms with Crippen molar-refractivity contribution in [3.63, 3.8) is 0 Å². The van der Waals surface area contributed by atoms with Gasteiger partial charge in [0.25, 0.3) is 5.91 Å². The Morgan fingerprint density at radius 3 is 2.88 bits per heavy atom. The molecule has 3 aromatic rings. The monoisotopic (exact) mass is 336 g/mol. The normalized spacial score (nSPS) is 17.2. The van der Waals surface area contributed by atoms with Crippen LogP contribution in [0.1, 0.15) is 34.8 Å². The van der Waals surface area contributed by atoms with E-state index < -0.39 is 0 Å². The van der Waals surface area contributed by atoms with Gasteiger partial charge in [0.15, 0.2) is 0 Å². The second-order valence-corrected chi connectivity index (χ2v) is 6.53. The van der Waals surface area contributed by atoms with E-state index in [9.17, 15) is 4.79 Å². The van der Waals surface area contributed by atoms with Crippen LogP contribution in [-0.4, -0.2) is 51.8 Å². The molecule has 1 atom stereocenters. The number of benzene rings is 1. The number of nitrogens with zero attached hydrogens (tertiary/aromatic N) is 5. The van der Waals surface area contributed by atoms with Crippen molar-refractivity contribution in [1.82, 2.24) is 25.3 Å². The van der Waals surface area contributed by atoms with Crippen LogP contribution in [0.25, 0.3) is 11.0 Å². The first kappa shape index (κ1) is 15.6. The molecule has 0 unspecified atom stereocenters. The van der Waals surface area contributed by atoms with Crippen molar-refractivity contribution in [2.45, 2.75) is 18.9 Å². The first-order valence-corrected chi connectivity index (χ1v) is 8.38. The molecular formula is C18H20N6O. The van der Waals surface area contributed by atoms with Gasteiger partial charge in [-0.3, -0.25) is 4.79 Å². The van der Waals surface area contributed by atoms with Gasteiger partial charge < -0.3 is 9.80 Å². The third-order valence-corrected chi connectivity index (χ3v) is 4.69. The molecule has 7 heteroatoms. The minimum atomic E-state index is 0.0376. The first-order valence-electron chi connectivity index (χ1n) is 8.38. The Balaban J connectivity index is 1.64. The Morgan fingerprint density at radius 2 is 2.04 bits per heavy atom. The van der Waals surface area contributed by atoms with Crippen LogP contribution in [0.4, 0.5) is 5.82 Å². The highest BCUT2D eigenvalue weighted by Crippen LogP contribution is 2.34. The fraction of sp³-hybridized carbons (Fsp3) is 0.333. The second-order valence-electron chi connectivity index (χ2n) is 6.53. The quantitative estimate of drug-likeness (QED) is 0.794. The highest BCUT2D eigenvalue weighted by Gasteiger charge is 2.31. The molecule has 25 heavy (non-hydrogen) atoms. The van der Waals surface area contributed by atoms with Crippen molar-refractivity contribution in [1.29, 1.82) is 0 Å². The molecule has 0 radical (unpaired) electrons. The van der Waals surface area contributed by atoms with E-state index in [0.29, 0.717) is 11.1 Å². The maximum atomic E-state index is 13.1. The molecule has 1 saturated heterocycles. The largest absolute Gasteiger partial charge is 0.363 e. The molecule has 0 aliphatic carbocycles. The molecule has 1 aliphatic heterocycles. The fourth-order valence-electron chi connectivity index (χ4n) is 3.38. The lowest BCUT2D eigenvalue weighted by atomic mass is 10.0. The number of likely N-dealkylation sites (tertiary alicyclic amines) is 1. The lowest BCUT2D eigenvalue weighted by Crippen LogP contribution is -2.30. The van der Waals surface area contributed by atoms with Crippen molar-refractivity contribution in [3.8, 4) is 0 Å². The Kier molecular flexibility index (Phi) is 3.83. The van der Waals surface area contributed by atoms with Crippen LogP contribution in [0.15, 0.2) is 36.5 Å². The van der Waals surface area contributed by atoms with E-state index in [0.717, 1.165) is 36.3 Å². The number of aromatic nitrogens is 4. The molecule has 2 aromatic heterocycles. The number of carbonyl (C=O) groups is 1. The number of nitrogens with one attached hydrogen (secondary N) is 1. The lowest BCUT2D eigenvalue weighted by Gasteiger charge is -2.26. The average Bonchev–Trinajstić information content (AvgIpc) is 3.29. The smallest absolute Gasteiger partial charge is 0.254 e. The average molecular weight is 336 g/mol. The van der Waals surface area contributed by atoms with Crippen molar-refractivity contribution in [2.75, 3.05) is 25.5 Å². The molecule has 7 nitrogen and oxygen atoms in total. The number of rotatable bonds is 3. The zero-order chi connectivity index (χ0) is 17.4. The van der Waals surface area contributed by atoms with Crippen LogP contribution >= 0.6 is 0 Å². The Hall–Kier alpha value is -2.96. The van der Waals surface area contributed by atoms with Crippen LogP contribution in [0.5, 0.6) is 0 Å². The number of amides is 1. The van der Waals surface area contributed by atoms with Crippen LogP contribution in [0, 0.1) is 0 Å². The molecule has 1 N–H and O–H groups in total. The van der Waals surface area contributed by atoms with Gasteiger partial charge in [-0.2, -0.15) is 15.4 Å². The maximum absolute atomic E-state index is 13.1. The molecule has 0 bridgehead atoms. The summed E-state index contributed by atoms with van der Waals surface area (Å²) in [6.45, 7) is 0.764. The molecule has 1 aliphatic rings. The number of H-pyrrole nitrogens is 1. The molecule has 1 amide bonds. The minimum Gasteiger partial charge on any atom is -0.363 e. The van der Waals surface area contributed by atoms with E-state index in [2.05, 4.69) is 26.5 Å². The summed E-state index contributed by atoms with van der Waals surface area (Å²) < 4.78 is 0. The predicted octanol–water partition coefficient (Wildman–Crippen LogP) is 2.40. The van der Waals surface area contributed by atoms with Crippen LogP contribution < -0.4 is 4.90 Å². The van der Waals surface area contributed by atoms with E-state index >= 15 is 0 Å². The molecule has 3 heterocycles. The van der Waals surface area contributed by atoms with Gasteiger partial charge in [-0.25, -0.2) is 4.98 Å². The van der Waals surface area contributed by atoms with E-state index in [1.165, 1.54) is 0 Å². The fourth-order valence-corrected chi connectivity index (χ4v) is 3.38. The van der Waals surface area contributed by atoms with Gasteiger partial charge in [0.2, 0.25) is 0 Å². The minimum absolute atomic E-state index is 0.0376. The molecular weight excluding hydrogens is 316 g/mol. The zero-order valence-corrected chi connectivity index (χ0v) is 14.3. The molecule has 4 rings (SSSR count). The summed E-state index contributed by atoms with van der Waals surface area (Å²) in [5.41, 5.74) is 3.25. The van der Waals surface area contributed by atoms with Gasteiger partial charge in [-0.1, -0.05) is 0 Å². The number of anilines is 1. The summed E-state index contributed by atoms with van der Waals surface area (Å²) in [6.07, 6.45) is 3.78. The van der Waals surface area contributed by atoms with Gasteiger partial charge in [-0.05, 0) is 48.7 Å². The summed E-state index contributed by atoms with van der Waals surface area (Å²) in [7, 11) is 3.94. The van der Waals surface area contributed by atoms with Gasteiger partial charge >= 0.3 is 0 Å². The number of aromatic amines is 1. The standard InChI is InChI=1S/C18H20N6O/c1-23(2)17-11-12(7-8-19-17)16-4-3-9-24(16)18(25)13-5-6-14-15(10-13)21-22-20-14/h5-8,10-11,16H,3-4,9H2,1-2H3,(H,20,21,22)/t16-/m1/s1. The SMILES string of the molecule is CN(C)c1cc([C@H]2CCCN2C(=O)c2ccc3n[nH]nc3c2)ccn1. The molecule has 0 saturated carbocycles. The number of fused-ring (bicyclic) bond motifs is 1. The van der Waals surface area contributed by atoms with E-state index in [1.807, 2.05) is 48.3 Å². The summed E-state index contributed by atoms with van der Waals surface area (Å²) in [5.74, 6) is 0.941. The van der Waals surface area contributed by atoms with Crippen LogP contribution in [-0.2, 0) is 0 Å². The Morgan fingerprint density at radius 1 is 1.20 bits per heavy atom. The summed E-state index contributed by atoms with van der Waals surface area (Å²) in [5, 5.41) is 10.7. The second kappa shape index (κ2) is 6.16. The van der Waals surface area contributed by atoms with Gasteiger partial charge in [0.1, 0.15) is 16.9 Å². The van der Waals surface area contributed by atoms with E-state index in [4.69, 9.17) is 0 Å². The topological polar surface area (TPSA) is 78.0 Å². The Bertz CT molecular complexity index is 919. The Labute approximate surface area is 145 Å². The summed E-state index contributed by atoms with van der Waals surface area (Å²) in [6, 6.07) is 9.60. The predicted molar refractivity (Wildman–Crippen MR) is 95.5 cm³/mol. The van der Waals surface area contributed by atoms with Crippen molar-refractivity contribution < 1.29 is 4.79 Å². The number of hydrogen-bond acceptors (Lipinski definition) is 5. The summed E-state index contributed by atoms with van der Waals surface area (Å²) >= 11 is 0. The lowest BCUT2D eigenvalue weighted by molar-refractivity contribution is 0.0736. The van der Waals surface area contributed by atoms with Gasteiger partial charge in [-0.15, -0.1) is 0 Å². The summed E-state index contributed by atoms with van der Waals surface area (Å²) in [4.78, 5) is 21.4. The molecule has 0 spiro atoms. The first-order chi connectivity index (χ1) is 12.1. The third-order valence-electron chi connectivity index (χ3n) is 4.69. The van der Waals surface area contributed by atoms with Crippen molar-refractivity contribution in [2.24, 2.45) is 0 Å². The van der Waals surface area contributed by atoms with Crippen LogP contribution in [0.2, 0.25) is 0 Å². The van der Waals surface area contributed by atoms with Gasteiger partial charge in [0.05, 0.1) is 6.04 Å². The van der Waals surface area contributed by atoms with E-state index in [1.54, 1.807) is 6.07 Å². The zero-order valence-electron chi connectivity index (χ0n) is 14.3.